The van der Waals surface area contributed by atoms with Gasteiger partial charge in [0.1, 0.15) is 0 Å². The summed E-state index contributed by atoms with van der Waals surface area (Å²) >= 11 is 0. The molecule has 0 saturated heterocycles. The lowest BCUT2D eigenvalue weighted by atomic mass is 10.1. The Kier molecular flexibility index (Phi) is 24.0. The molecule has 0 spiro atoms. The number of hydrogen-bond acceptors (Lipinski definition) is 12. The largest absolute Gasteiger partial charge is 0.370 e. The van der Waals surface area contributed by atoms with Crippen molar-refractivity contribution in [3.63, 3.8) is 0 Å². The van der Waals surface area contributed by atoms with Crippen LogP contribution in [0.2, 0.25) is 0 Å². The smallest absolute Gasteiger partial charge is 0.240 e. The van der Waals surface area contributed by atoms with Crippen molar-refractivity contribution in [1.29, 1.82) is 0 Å². The number of hydrogen-bond donors (Lipinski definition) is 10. The van der Waals surface area contributed by atoms with E-state index in [9.17, 15) is 38.4 Å². The summed E-state index contributed by atoms with van der Waals surface area (Å²) in [5, 5.41) is 10.4. The summed E-state index contributed by atoms with van der Waals surface area (Å²) in [4.78, 5) is 110. The number of nitrogens with zero attached hydrogens (tertiary/aromatic N) is 4. The molecule has 0 aliphatic heterocycles. The van der Waals surface area contributed by atoms with Crippen molar-refractivity contribution in [2.75, 3.05) is 72.0 Å². The first kappa shape index (κ1) is 52.5. The van der Waals surface area contributed by atoms with Gasteiger partial charge in [-0.3, -0.25) is 43.3 Å². The molecule has 0 heterocycles. The first-order valence-corrected chi connectivity index (χ1v) is 20.6. The summed E-state index contributed by atoms with van der Waals surface area (Å²) in [6.07, 6.45) is 0.817. The number of amides is 8. The molecule has 16 N–H and O–H groups in total. The van der Waals surface area contributed by atoms with Gasteiger partial charge in [0.2, 0.25) is 47.3 Å². The van der Waals surface area contributed by atoms with E-state index in [1.807, 2.05) is 36.4 Å². The lowest BCUT2D eigenvalue weighted by Gasteiger charge is -2.28. The van der Waals surface area contributed by atoms with Crippen LogP contribution in [0.5, 0.6) is 0 Å². The highest BCUT2D eigenvalue weighted by Crippen LogP contribution is 2.07. The van der Waals surface area contributed by atoms with Gasteiger partial charge < -0.3 is 70.4 Å². The first-order valence-electron chi connectivity index (χ1n) is 20.6. The van der Waals surface area contributed by atoms with Gasteiger partial charge in [-0.15, -0.1) is 0 Å². The van der Waals surface area contributed by atoms with Crippen molar-refractivity contribution in [3.8, 4) is 0 Å². The van der Waals surface area contributed by atoms with Crippen molar-refractivity contribution in [3.05, 3.63) is 71.8 Å². The van der Waals surface area contributed by atoms with Crippen molar-refractivity contribution >= 4 is 53.2 Å². The Morgan fingerprint density at radius 3 is 1.32 bits per heavy atom. The zero-order chi connectivity index (χ0) is 46.7. The number of nitrogens with one attached hydrogen (secondary N) is 4. The van der Waals surface area contributed by atoms with E-state index in [2.05, 4.69) is 26.3 Å². The second-order valence-corrected chi connectivity index (χ2v) is 14.7. The van der Waals surface area contributed by atoms with Crippen LogP contribution >= 0.6 is 0 Å². The molecule has 346 valence electrons. The fourth-order valence-corrected chi connectivity index (χ4v) is 6.10. The SMILES string of the molecule is CC(=O)NCCN(CC(=O)NCCN(CC(=O)NCCN(CC(=O)NCCC(N)=O)C(=O)[C@@H](N)CCCN=C(N)N)C(=O)[C@@H](N)Cc1ccccc1)C(=O)[C@@H](N)Cc1ccccc1. The molecule has 63 heavy (non-hydrogen) atoms. The second-order valence-electron chi connectivity index (χ2n) is 14.7. The molecule has 22 nitrogen and oxygen atoms in total. The van der Waals surface area contributed by atoms with Crippen molar-refractivity contribution in [2.45, 2.75) is 57.2 Å². The topological polar surface area (TPSA) is 363 Å². The fourth-order valence-electron chi connectivity index (χ4n) is 6.10. The van der Waals surface area contributed by atoms with Gasteiger partial charge >= 0.3 is 0 Å². The molecule has 2 rings (SSSR count). The molecule has 0 unspecified atom stereocenters. The van der Waals surface area contributed by atoms with Crippen LogP contribution in [0.4, 0.5) is 0 Å². The third kappa shape index (κ3) is 22.1. The minimum absolute atomic E-state index is 0.00179. The van der Waals surface area contributed by atoms with E-state index in [-0.39, 0.29) is 89.9 Å². The Labute approximate surface area is 367 Å². The van der Waals surface area contributed by atoms with E-state index >= 15 is 0 Å². The number of carbonyl (C=O) groups excluding carboxylic acids is 8. The van der Waals surface area contributed by atoms with E-state index in [1.54, 1.807) is 24.3 Å². The number of aliphatic imine (C=N–C) groups is 1. The third-order valence-corrected chi connectivity index (χ3v) is 9.31. The van der Waals surface area contributed by atoms with Crippen molar-refractivity contribution in [2.24, 2.45) is 39.4 Å². The Bertz CT molecular complexity index is 1830. The Morgan fingerprint density at radius 1 is 0.556 bits per heavy atom. The zero-order valence-electron chi connectivity index (χ0n) is 35.8. The molecule has 0 radical (unpaired) electrons. The maximum Gasteiger partial charge on any atom is 0.240 e. The third-order valence-electron chi connectivity index (χ3n) is 9.31. The molecular weight excluding hydrogens is 817 g/mol. The monoisotopic (exact) mass is 881 g/mol. The van der Waals surface area contributed by atoms with Crippen LogP contribution in [0.25, 0.3) is 0 Å². The quantitative estimate of drug-likeness (QED) is 0.0209. The Balaban J connectivity index is 2.14. The maximum atomic E-state index is 13.7. The predicted molar refractivity (Wildman–Crippen MR) is 235 cm³/mol. The van der Waals surface area contributed by atoms with Crippen LogP contribution < -0.4 is 55.7 Å². The standard InChI is InChI=1S/C41H64N14O8/c1-28(56)48-17-20-54(39(62)32(43)23-29-9-4-2-5-10-29)26-36(59)51-19-22-55(40(63)33(44)24-30-11-6-3-7-12-30)27-37(60)50-18-21-53(25-35(58)49-16-14-34(45)57)38(61)31(42)13-8-15-52-41(46)47/h2-7,9-12,31-33H,8,13-27,42-44H2,1H3,(H2,45,57)(H,48,56)(H,49,58)(H,50,60)(H,51,59)(H4,46,47,52)/t31-,32-,33-/m0/s1. The molecule has 3 atom stereocenters. The highest BCUT2D eigenvalue weighted by Gasteiger charge is 2.27. The minimum atomic E-state index is -1.06. The summed E-state index contributed by atoms with van der Waals surface area (Å²) in [5.41, 5.74) is 36.2. The number of guanidine groups is 1. The Hall–Kier alpha value is -6.65. The highest BCUT2D eigenvalue weighted by atomic mass is 16.2. The van der Waals surface area contributed by atoms with E-state index < -0.39 is 79.1 Å². The Morgan fingerprint density at radius 2 is 0.937 bits per heavy atom. The summed E-state index contributed by atoms with van der Waals surface area (Å²) in [6, 6.07) is 15.1. The van der Waals surface area contributed by atoms with Crippen LogP contribution in [-0.2, 0) is 51.2 Å². The average Bonchev–Trinajstić information content (AvgIpc) is 3.23. The van der Waals surface area contributed by atoms with Gasteiger partial charge in [-0.05, 0) is 36.8 Å². The molecule has 8 amide bonds. The second kappa shape index (κ2) is 28.8. The van der Waals surface area contributed by atoms with Crippen molar-refractivity contribution in [1.82, 2.24) is 36.0 Å². The van der Waals surface area contributed by atoms with Crippen LogP contribution in [0.1, 0.15) is 37.3 Å². The van der Waals surface area contributed by atoms with Gasteiger partial charge in [0.05, 0.1) is 37.8 Å². The predicted octanol–water partition coefficient (Wildman–Crippen LogP) is -4.65. The molecule has 0 aliphatic rings. The molecule has 2 aromatic carbocycles. The average molecular weight is 881 g/mol. The normalized spacial score (nSPS) is 12.1. The van der Waals surface area contributed by atoms with E-state index in [1.165, 1.54) is 16.7 Å². The van der Waals surface area contributed by atoms with E-state index in [0.29, 0.717) is 6.42 Å². The summed E-state index contributed by atoms with van der Waals surface area (Å²) in [6.45, 7) is -0.340. The van der Waals surface area contributed by atoms with Crippen LogP contribution in [0.15, 0.2) is 65.7 Å². The molecule has 0 aromatic heterocycles. The van der Waals surface area contributed by atoms with E-state index in [0.717, 1.165) is 16.0 Å². The van der Waals surface area contributed by atoms with Gasteiger partial charge in [0.25, 0.3) is 0 Å². The minimum Gasteiger partial charge on any atom is -0.370 e. The number of rotatable bonds is 29. The van der Waals surface area contributed by atoms with Crippen LogP contribution in [-0.4, -0.2) is 158 Å². The lowest BCUT2D eigenvalue weighted by Crippen LogP contribution is -2.53. The molecule has 0 fully saturated rings. The number of nitrogens with two attached hydrogens (primary N) is 6. The number of benzene rings is 2. The van der Waals surface area contributed by atoms with Gasteiger partial charge in [0, 0.05) is 65.7 Å². The number of carbonyl (C=O) groups is 8. The molecule has 22 heteroatoms. The lowest BCUT2D eigenvalue weighted by molar-refractivity contribution is -0.138. The molecule has 2 aromatic rings. The van der Waals surface area contributed by atoms with Gasteiger partial charge in [0.15, 0.2) is 5.96 Å². The van der Waals surface area contributed by atoms with E-state index in [4.69, 9.17) is 34.4 Å². The first-order chi connectivity index (χ1) is 30.0. The molecule has 0 bridgehead atoms. The van der Waals surface area contributed by atoms with Gasteiger partial charge in [-0.2, -0.15) is 0 Å². The highest BCUT2D eigenvalue weighted by molar-refractivity contribution is 5.90. The maximum absolute atomic E-state index is 13.7. The number of primary amides is 1. The van der Waals surface area contributed by atoms with Gasteiger partial charge in [-0.25, -0.2) is 0 Å². The van der Waals surface area contributed by atoms with Crippen LogP contribution in [0.3, 0.4) is 0 Å². The van der Waals surface area contributed by atoms with Crippen LogP contribution in [0, 0.1) is 0 Å². The molecular formula is C41H64N14O8. The molecule has 0 aliphatic carbocycles. The zero-order valence-corrected chi connectivity index (χ0v) is 35.8. The fraction of sp³-hybridized carbons (Fsp3) is 0.488. The molecule has 0 saturated carbocycles. The van der Waals surface area contributed by atoms with Crippen molar-refractivity contribution < 1.29 is 38.4 Å². The summed E-state index contributed by atoms with van der Waals surface area (Å²) in [7, 11) is 0. The van der Waals surface area contributed by atoms with Gasteiger partial charge in [-0.1, -0.05) is 60.7 Å². The summed E-state index contributed by atoms with van der Waals surface area (Å²) in [5.74, 6) is -4.55. The summed E-state index contributed by atoms with van der Waals surface area (Å²) < 4.78 is 0.